The van der Waals surface area contributed by atoms with Crippen molar-refractivity contribution in [2.75, 3.05) is 13.1 Å². The predicted molar refractivity (Wildman–Crippen MR) is 204 cm³/mol. The average Bonchev–Trinajstić information content (AvgIpc) is 3.13. The molecule has 4 aromatic rings. The highest BCUT2D eigenvalue weighted by molar-refractivity contribution is 5.94. The zero-order valence-corrected chi connectivity index (χ0v) is 33.1. The van der Waals surface area contributed by atoms with Crippen molar-refractivity contribution in [2.45, 2.75) is 77.0 Å². The van der Waals surface area contributed by atoms with E-state index in [1.54, 1.807) is 12.1 Å². The van der Waals surface area contributed by atoms with Crippen LogP contribution in [0.5, 0.6) is 23.0 Å². The molecule has 0 aliphatic rings. The molecule has 0 fully saturated rings. The third-order valence-electron chi connectivity index (χ3n) is 7.75. The smallest absolute Gasteiger partial charge is 0.338 e. The lowest BCUT2D eigenvalue weighted by atomic mass is 10.1. The summed E-state index contributed by atoms with van der Waals surface area (Å²) in [5.41, 5.74) is 1.09. The molecule has 10 N–H and O–H groups in total. The SMILES string of the molecule is CC(C)(C)[NH2+]C[C@H](O)c1cc(O)cc(O)c1.CC(C)(C)[NH2+]C[C@H](O)c1cc(O)cc(O)c1.O=C(O[C@H](C(=O)[O-])[C@H](OC(=O)c1ccccc1)C(=O)[O-])c1ccccc1. The van der Waals surface area contributed by atoms with Crippen molar-refractivity contribution in [3.8, 4) is 23.0 Å². The number of ether oxygens (including phenoxy) is 2. The predicted octanol–water partition coefficient (Wildman–Crippen LogP) is -0.0764. The molecule has 0 saturated carbocycles. The summed E-state index contributed by atoms with van der Waals surface area (Å²) in [4.78, 5) is 46.5. The van der Waals surface area contributed by atoms with Crippen molar-refractivity contribution in [3.05, 3.63) is 119 Å². The Morgan fingerprint density at radius 3 is 1.05 bits per heavy atom. The lowest BCUT2D eigenvalue weighted by Gasteiger charge is -2.28. The maximum atomic E-state index is 12.0. The van der Waals surface area contributed by atoms with Gasteiger partial charge in [0.1, 0.15) is 48.3 Å². The number of carboxylic acid groups (broad SMARTS) is 2. The fourth-order valence-corrected chi connectivity index (χ4v) is 4.81. The molecule has 0 aliphatic heterocycles. The van der Waals surface area contributed by atoms with Gasteiger partial charge in [-0.15, -0.1) is 0 Å². The molecule has 314 valence electrons. The Bertz CT molecular complexity index is 1760. The van der Waals surface area contributed by atoms with Gasteiger partial charge in [-0.25, -0.2) is 9.59 Å². The molecule has 16 heteroatoms. The molecular formula is C42H52N2O14. The molecule has 0 unspecified atom stereocenters. The molecule has 4 aromatic carbocycles. The molecule has 0 spiro atoms. The van der Waals surface area contributed by atoms with Gasteiger partial charge in [-0.2, -0.15) is 0 Å². The maximum absolute atomic E-state index is 12.0. The Morgan fingerprint density at radius 2 is 0.810 bits per heavy atom. The highest BCUT2D eigenvalue weighted by Gasteiger charge is 2.32. The van der Waals surface area contributed by atoms with E-state index in [4.69, 9.17) is 0 Å². The summed E-state index contributed by atoms with van der Waals surface area (Å²) in [6.07, 6.45) is -6.17. The van der Waals surface area contributed by atoms with Crippen LogP contribution < -0.4 is 20.8 Å². The lowest BCUT2D eigenvalue weighted by molar-refractivity contribution is -0.723. The van der Waals surface area contributed by atoms with Gasteiger partial charge in [0.2, 0.25) is 0 Å². The number of quaternary nitrogens is 2. The number of esters is 2. The standard InChI is InChI=1S/C18H14O8.2C12H19NO3/c19-15(20)13(25-17(23)11-7-3-1-4-8-11)14(16(21)22)26-18(24)12-9-5-2-6-10-12;2*1-12(2,3)13-7-11(16)8-4-9(14)6-10(15)5-8/h1-10,13-14H,(H,19,20)(H,21,22);2*4-6,11,13-16H,7H2,1-3H3/t13-,14-;2*11-/m000/s1. The zero-order valence-electron chi connectivity index (χ0n) is 33.1. The van der Waals surface area contributed by atoms with Crippen LogP contribution in [-0.4, -0.2) is 90.9 Å². The minimum Gasteiger partial charge on any atom is -0.546 e. The number of hydrogen-bond acceptors (Lipinski definition) is 14. The van der Waals surface area contributed by atoms with Crippen LogP contribution in [0.15, 0.2) is 97.1 Å². The minimum absolute atomic E-state index is 0.0229. The molecule has 0 radical (unpaired) electrons. The van der Waals surface area contributed by atoms with Crippen LogP contribution in [0.25, 0.3) is 0 Å². The average molecular weight is 809 g/mol. The van der Waals surface area contributed by atoms with Crippen molar-refractivity contribution < 1.29 is 80.1 Å². The number of aliphatic carboxylic acids is 2. The topological polar surface area (TPSA) is 287 Å². The number of carbonyl (C=O) groups is 4. The molecule has 16 nitrogen and oxygen atoms in total. The van der Waals surface area contributed by atoms with Crippen molar-refractivity contribution >= 4 is 23.9 Å². The van der Waals surface area contributed by atoms with Gasteiger partial charge in [0.05, 0.1) is 34.1 Å². The second kappa shape index (κ2) is 21.9. The number of aliphatic hydroxyl groups is 2. The molecule has 0 heterocycles. The van der Waals surface area contributed by atoms with E-state index < -0.39 is 48.3 Å². The van der Waals surface area contributed by atoms with Gasteiger partial charge in [-0.3, -0.25) is 0 Å². The van der Waals surface area contributed by atoms with Gasteiger partial charge in [-0.05, 0) is 101 Å². The van der Waals surface area contributed by atoms with E-state index in [0.717, 1.165) is 0 Å². The lowest BCUT2D eigenvalue weighted by Crippen LogP contribution is -2.95. The Morgan fingerprint density at radius 1 is 0.534 bits per heavy atom. The van der Waals surface area contributed by atoms with Gasteiger partial charge in [0, 0.05) is 12.1 Å². The van der Waals surface area contributed by atoms with E-state index in [0.29, 0.717) is 24.2 Å². The summed E-state index contributed by atoms with van der Waals surface area (Å²) in [6, 6.07) is 22.8. The summed E-state index contributed by atoms with van der Waals surface area (Å²) >= 11 is 0. The van der Waals surface area contributed by atoms with Crippen LogP contribution >= 0.6 is 0 Å². The van der Waals surface area contributed by atoms with Crippen molar-refractivity contribution in [2.24, 2.45) is 0 Å². The number of phenols is 4. The summed E-state index contributed by atoms with van der Waals surface area (Å²) in [7, 11) is 0. The number of nitrogens with two attached hydrogens (primary N) is 2. The van der Waals surface area contributed by atoms with Gasteiger partial charge in [0.15, 0.2) is 12.2 Å². The summed E-state index contributed by atoms with van der Waals surface area (Å²) in [6.45, 7) is 13.3. The first-order valence-electron chi connectivity index (χ1n) is 18.0. The second-order valence-corrected chi connectivity index (χ2v) is 15.2. The first kappa shape index (κ1) is 48.0. The molecule has 4 rings (SSSR count). The van der Waals surface area contributed by atoms with Crippen LogP contribution in [-0.2, 0) is 19.1 Å². The van der Waals surface area contributed by atoms with E-state index in [-0.39, 0.29) is 45.2 Å². The van der Waals surface area contributed by atoms with Crippen LogP contribution in [0.2, 0.25) is 0 Å². The fraction of sp³-hybridized carbons (Fsp3) is 0.333. The number of aromatic hydroxyl groups is 4. The van der Waals surface area contributed by atoms with Crippen LogP contribution in [0.3, 0.4) is 0 Å². The zero-order chi connectivity index (χ0) is 43.8. The monoisotopic (exact) mass is 808 g/mol. The largest absolute Gasteiger partial charge is 0.546 e. The van der Waals surface area contributed by atoms with E-state index in [2.05, 4.69) is 51.0 Å². The van der Waals surface area contributed by atoms with E-state index in [9.17, 15) is 60.0 Å². The number of benzene rings is 4. The Kier molecular flexibility index (Phi) is 18.1. The third-order valence-corrected chi connectivity index (χ3v) is 7.75. The molecule has 4 atom stereocenters. The van der Waals surface area contributed by atoms with Gasteiger partial charge < -0.3 is 70.5 Å². The molecule has 0 aliphatic carbocycles. The molecule has 0 aromatic heterocycles. The maximum Gasteiger partial charge on any atom is 0.338 e. The van der Waals surface area contributed by atoms with Crippen LogP contribution in [0, 0.1) is 0 Å². The molecule has 0 bridgehead atoms. The number of phenolic OH excluding ortho intramolecular Hbond substituents is 4. The van der Waals surface area contributed by atoms with E-state index in [1.165, 1.54) is 84.9 Å². The van der Waals surface area contributed by atoms with Crippen LogP contribution in [0.1, 0.15) is 85.6 Å². The first-order valence-corrected chi connectivity index (χ1v) is 18.0. The number of carbonyl (C=O) groups excluding carboxylic acids is 4. The molecule has 58 heavy (non-hydrogen) atoms. The quantitative estimate of drug-likeness (QED) is 0.0821. The Labute approximate surface area is 336 Å². The van der Waals surface area contributed by atoms with Crippen molar-refractivity contribution in [1.82, 2.24) is 0 Å². The van der Waals surface area contributed by atoms with E-state index in [1.807, 2.05) is 10.6 Å². The van der Waals surface area contributed by atoms with E-state index >= 15 is 0 Å². The Balaban J connectivity index is 0.000000316. The summed E-state index contributed by atoms with van der Waals surface area (Å²) in [5, 5.41) is 83.5. The fourth-order valence-electron chi connectivity index (χ4n) is 4.81. The number of rotatable bonds is 13. The van der Waals surface area contributed by atoms with Gasteiger partial charge in [0.25, 0.3) is 0 Å². The number of aliphatic hydroxyl groups excluding tert-OH is 2. The first-order chi connectivity index (χ1) is 27.0. The summed E-state index contributed by atoms with van der Waals surface area (Å²) in [5.74, 6) is -6.50. The number of carboxylic acids is 2. The highest BCUT2D eigenvalue weighted by Crippen LogP contribution is 2.25. The highest BCUT2D eigenvalue weighted by atomic mass is 16.6. The van der Waals surface area contributed by atoms with Crippen molar-refractivity contribution in [1.29, 1.82) is 0 Å². The van der Waals surface area contributed by atoms with Crippen LogP contribution in [0.4, 0.5) is 0 Å². The molecule has 0 amide bonds. The van der Waals surface area contributed by atoms with Gasteiger partial charge in [-0.1, -0.05) is 36.4 Å². The molecular weight excluding hydrogens is 756 g/mol. The van der Waals surface area contributed by atoms with Gasteiger partial charge >= 0.3 is 11.9 Å². The van der Waals surface area contributed by atoms with Crippen molar-refractivity contribution in [3.63, 3.8) is 0 Å². The Hall–Kier alpha value is -6.20. The number of hydrogen-bond donors (Lipinski definition) is 8. The minimum atomic E-state index is -2.39. The summed E-state index contributed by atoms with van der Waals surface area (Å²) < 4.78 is 9.32. The molecule has 0 saturated heterocycles. The third kappa shape index (κ3) is 17.7. The second-order valence-electron chi connectivity index (χ2n) is 15.2. The normalized spacial score (nSPS) is 13.2.